The summed E-state index contributed by atoms with van der Waals surface area (Å²) in [4.78, 5) is 42.0. The van der Waals surface area contributed by atoms with Crippen LogP contribution >= 0.6 is 0 Å². The van der Waals surface area contributed by atoms with Crippen LogP contribution in [0.1, 0.15) is 23.9 Å². The number of aromatic nitrogens is 1. The van der Waals surface area contributed by atoms with Crippen LogP contribution in [0.15, 0.2) is 66.2 Å². The highest BCUT2D eigenvalue weighted by atomic mass is 16.5. The van der Waals surface area contributed by atoms with Crippen LogP contribution in [0.4, 0.5) is 10.5 Å². The minimum Gasteiger partial charge on any atom is -0.494 e. The van der Waals surface area contributed by atoms with E-state index in [4.69, 9.17) is 9.47 Å². The summed E-state index contributed by atoms with van der Waals surface area (Å²) in [6, 6.07) is 17.5. The second kappa shape index (κ2) is 10.6. The molecule has 186 valence electrons. The Bertz CT molecular complexity index is 1310. The van der Waals surface area contributed by atoms with Crippen LogP contribution in [0.25, 0.3) is 11.8 Å². The number of benzene rings is 2. The van der Waals surface area contributed by atoms with Gasteiger partial charge in [-0.05, 0) is 74.9 Å². The van der Waals surface area contributed by atoms with Gasteiger partial charge >= 0.3 is 6.03 Å². The average Bonchev–Trinajstić information content (AvgIpc) is 3.15. The zero-order valence-corrected chi connectivity index (χ0v) is 20.9. The number of barbiturate groups is 1. The first-order valence-corrected chi connectivity index (χ1v) is 11.8. The van der Waals surface area contributed by atoms with Crippen LogP contribution in [0.2, 0.25) is 0 Å². The zero-order chi connectivity index (χ0) is 25.8. The maximum Gasteiger partial charge on any atom is 0.338 e. The van der Waals surface area contributed by atoms with Gasteiger partial charge in [-0.3, -0.25) is 14.5 Å². The summed E-state index contributed by atoms with van der Waals surface area (Å²) >= 11 is 0. The maximum atomic E-state index is 13.5. The normalized spacial score (nSPS) is 15.2. The summed E-state index contributed by atoms with van der Waals surface area (Å²) < 4.78 is 12.7. The quantitative estimate of drug-likeness (QED) is 0.345. The number of anilines is 1. The fourth-order valence-corrected chi connectivity index (χ4v) is 4.30. The van der Waals surface area contributed by atoms with Crippen molar-refractivity contribution in [1.82, 2.24) is 9.47 Å². The van der Waals surface area contributed by atoms with Crippen LogP contribution in [0.3, 0.4) is 0 Å². The van der Waals surface area contributed by atoms with Gasteiger partial charge in [0.25, 0.3) is 11.8 Å². The highest BCUT2D eigenvalue weighted by Gasteiger charge is 2.42. The van der Waals surface area contributed by atoms with E-state index in [0.717, 1.165) is 32.6 Å². The molecule has 0 spiro atoms. The van der Waals surface area contributed by atoms with E-state index < -0.39 is 17.8 Å². The van der Waals surface area contributed by atoms with Crippen molar-refractivity contribution in [3.8, 4) is 11.4 Å². The van der Waals surface area contributed by atoms with Crippen LogP contribution in [-0.2, 0) is 14.3 Å². The first-order chi connectivity index (χ1) is 17.4. The average molecular weight is 488 g/mol. The lowest BCUT2D eigenvalue weighted by Gasteiger charge is -2.33. The van der Waals surface area contributed by atoms with Gasteiger partial charge < -0.3 is 14.0 Å². The third kappa shape index (κ3) is 4.67. The molecule has 1 aromatic heterocycles. The number of aryl methyl sites for hydroxylation is 1. The number of hydrogen-bond acceptors (Lipinski definition) is 5. The van der Waals surface area contributed by atoms with E-state index in [1.807, 2.05) is 55.7 Å². The highest BCUT2D eigenvalue weighted by Crippen LogP contribution is 2.29. The molecule has 8 nitrogen and oxygen atoms in total. The Morgan fingerprint density at radius 1 is 0.889 bits per heavy atom. The molecule has 3 aromatic rings. The molecule has 0 N–H and O–H groups in total. The van der Waals surface area contributed by atoms with Gasteiger partial charge in [-0.25, -0.2) is 9.69 Å². The molecule has 0 aliphatic carbocycles. The van der Waals surface area contributed by atoms with Gasteiger partial charge in [0.1, 0.15) is 11.3 Å². The number of urea groups is 1. The van der Waals surface area contributed by atoms with Crippen LogP contribution < -0.4 is 9.64 Å². The molecule has 1 saturated heterocycles. The van der Waals surface area contributed by atoms with Crippen molar-refractivity contribution < 1.29 is 23.9 Å². The topological polar surface area (TPSA) is 81.1 Å². The number of carbonyl (C=O) groups is 3. The highest BCUT2D eigenvalue weighted by molar-refractivity contribution is 6.39. The molecule has 36 heavy (non-hydrogen) atoms. The number of hydrogen-bond donors (Lipinski definition) is 0. The molecule has 2 heterocycles. The standard InChI is InChI=1S/C28H29N3O5/c1-5-36-24-13-11-23(12-14-24)30-19(2)17-21(20(30)3)18-25-26(32)29(15-16-35-4)28(34)31(27(25)33)22-9-7-6-8-10-22/h6-14,17-18H,5,15-16H2,1-4H3/b25-18-. The van der Waals surface area contributed by atoms with Crippen molar-refractivity contribution in [2.45, 2.75) is 20.8 Å². The van der Waals surface area contributed by atoms with E-state index in [0.29, 0.717) is 17.9 Å². The first kappa shape index (κ1) is 24.9. The lowest BCUT2D eigenvalue weighted by molar-refractivity contribution is -0.129. The van der Waals surface area contributed by atoms with Crippen molar-refractivity contribution in [2.75, 3.05) is 31.8 Å². The Morgan fingerprint density at radius 2 is 1.58 bits per heavy atom. The third-order valence-electron chi connectivity index (χ3n) is 6.04. The molecule has 0 bridgehead atoms. The number of para-hydroxylation sites is 1. The number of rotatable bonds is 8. The molecule has 0 radical (unpaired) electrons. The van der Waals surface area contributed by atoms with Gasteiger partial charge in [0.15, 0.2) is 0 Å². The van der Waals surface area contributed by atoms with E-state index >= 15 is 0 Å². The Morgan fingerprint density at radius 3 is 2.22 bits per heavy atom. The van der Waals surface area contributed by atoms with E-state index in [-0.39, 0.29) is 18.7 Å². The van der Waals surface area contributed by atoms with E-state index in [9.17, 15) is 14.4 Å². The molecule has 0 unspecified atom stereocenters. The van der Waals surface area contributed by atoms with E-state index in [1.165, 1.54) is 7.11 Å². The molecular formula is C28H29N3O5. The monoisotopic (exact) mass is 487 g/mol. The van der Waals surface area contributed by atoms with Crippen molar-refractivity contribution in [3.05, 3.63) is 83.2 Å². The van der Waals surface area contributed by atoms with Gasteiger partial charge in [0.2, 0.25) is 0 Å². The molecule has 2 aromatic carbocycles. The lowest BCUT2D eigenvalue weighted by Crippen LogP contribution is -2.57. The van der Waals surface area contributed by atoms with Crippen LogP contribution in [0.5, 0.6) is 5.75 Å². The Balaban J connectivity index is 1.76. The number of amides is 4. The van der Waals surface area contributed by atoms with Gasteiger partial charge in [-0.1, -0.05) is 18.2 Å². The predicted molar refractivity (Wildman–Crippen MR) is 137 cm³/mol. The fraction of sp³-hybridized carbons (Fsp3) is 0.250. The van der Waals surface area contributed by atoms with Gasteiger partial charge in [-0.15, -0.1) is 0 Å². The Labute approximate surface area is 210 Å². The first-order valence-electron chi connectivity index (χ1n) is 11.8. The summed E-state index contributed by atoms with van der Waals surface area (Å²) in [7, 11) is 1.49. The summed E-state index contributed by atoms with van der Waals surface area (Å²) in [5.41, 5.74) is 3.76. The smallest absolute Gasteiger partial charge is 0.338 e. The van der Waals surface area contributed by atoms with Crippen LogP contribution in [-0.4, -0.2) is 54.2 Å². The number of nitrogens with zero attached hydrogens (tertiary/aromatic N) is 3. The van der Waals surface area contributed by atoms with Gasteiger partial charge in [-0.2, -0.15) is 0 Å². The summed E-state index contributed by atoms with van der Waals surface area (Å²) in [5, 5.41) is 0. The number of imide groups is 2. The van der Waals surface area contributed by atoms with Crippen molar-refractivity contribution >= 4 is 29.6 Å². The molecule has 0 saturated carbocycles. The minimum absolute atomic E-state index is 0.0350. The Kier molecular flexibility index (Phi) is 7.36. The lowest BCUT2D eigenvalue weighted by atomic mass is 10.1. The van der Waals surface area contributed by atoms with E-state index in [1.54, 1.807) is 36.4 Å². The molecule has 1 aliphatic heterocycles. The molecule has 1 aliphatic rings. The third-order valence-corrected chi connectivity index (χ3v) is 6.04. The number of carbonyl (C=O) groups excluding carboxylic acids is 3. The molecule has 1 fully saturated rings. The van der Waals surface area contributed by atoms with Crippen molar-refractivity contribution in [3.63, 3.8) is 0 Å². The summed E-state index contributed by atoms with van der Waals surface area (Å²) in [6.45, 7) is 6.60. The Hall–Kier alpha value is -4.17. The maximum absolute atomic E-state index is 13.5. The van der Waals surface area contributed by atoms with Crippen molar-refractivity contribution in [2.24, 2.45) is 0 Å². The largest absolute Gasteiger partial charge is 0.494 e. The molecular weight excluding hydrogens is 458 g/mol. The second-order valence-electron chi connectivity index (χ2n) is 8.36. The number of methoxy groups -OCH3 is 1. The molecule has 0 atom stereocenters. The zero-order valence-electron chi connectivity index (χ0n) is 20.9. The summed E-state index contributed by atoms with van der Waals surface area (Å²) in [5.74, 6) is -0.512. The van der Waals surface area contributed by atoms with Crippen molar-refractivity contribution in [1.29, 1.82) is 0 Å². The predicted octanol–water partition coefficient (Wildman–Crippen LogP) is 4.52. The molecule has 4 rings (SSSR count). The minimum atomic E-state index is -0.690. The number of ether oxygens (including phenoxy) is 2. The van der Waals surface area contributed by atoms with E-state index in [2.05, 4.69) is 0 Å². The molecule has 8 heteroatoms. The van der Waals surface area contributed by atoms with Crippen LogP contribution in [0, 0.1) is 13.8 Å². The summed E-state index contributed by atoms with van der Waals surface area (Å²) in [6.07, 6.45) is 1.57. The SMILES string of the molecule is CCOc1ccc(-n2c(C)cc(/C=C3/C(=O)N(CCOC)C(=O)N(c4ccccc4)C3=O)c2C)cc1. The molecule has 4 amide bonds. The second-order valence-corrected chi connectivity index (χ2v) is 8.36. The van der Waals surface area contributed by atoms with Gasteiger partial charge in [0, 0.05) is 24.2 Å². The fourth-order valence-electron chi connectivity index (χ4n) is 4.30. The van der Waals surface area contributed by atoms with Gasteiger partial charge in [0.05, 0.1) is 25.4 Å².